The minimum absolute atomic E-state index is 0.0498. The van der Waals surface area contributed by atoms with Crippen molar-refractivity contribution >= 4 is 15.7 Å². The van der Waals surface area contributed by atoms with Crippen molar-refractivity contribution in [3.63, 3.8) is 0 Å². The number of sulfone groups is 1. The first-order chi connectivity index (χ1) is 9.35. The average Bonchev–Trinajstić information content (AvgIpc) is 3.16. The Kier molecular flexibility index (Phi) is 3.89. The number of rotatable bonds is 6. The van der Waals surface area contributed by atoms with Gasteiger partial charge in [0.1, 0.15) is 11.6 Å². The molecule has 0 aliphatic heterocycles. The van der Waals surface area contributed by atoms with Crippen molar-refractivity contribution in [3.05, 3.63) is 24.3 Å². The summed E-state index contributed by atoms with van der Waals surface area (Å²) in [6.45, 7) is 0.474. The first-order valence-electron chi connectivity index (χ1n) is 6.24. The number of nitrogens with zero attached hydrogens (tertiary/aromatic N) is 1. The van der Waals surface area contributed by atoms with Crippen LogP contribution in [0.15, 0.2) is 34.3 Å². The lowest BCUT2D eigenvalue weighted by atomic mass is 10.0. The Balaban J connectivity index is 1.95. The van der Waals surface area contributed by atoms with E-state index in [4.69, 9.17) is 15.7 Å². The van der Waals surface area contributed by atoms with E-state index in [0.717, 1.165) is 12.8 Å². The summed E-state index contributed by atoms with van der Waals surface area (Å²) >= 11 is 0. The second-order valence-corrected chi connectivity index (χ2v) is 7.32. The summed E-state index contributed by atoms with van der Waals surface area (Å²) in [6.07, 6.45) is 3.62. The zero-order valence-corrected chi connectivity index (χ0v) is 12.1. The summed E-state index contributed by atoms with van der Waals surface area (Å²) in [5.74, 6) is 0.821. The van der Waals surface area contributed by atoms with Crippen molar-refractivity contribution in [2.45, 2.75) is 24.2 Å². The van der Waals surface area contributed by atoms with Crippen LogP contribution in [0.1, 0.15) is 19.3 Å². The second-order valence-electron chi connectivity index (χ2n) is 5.30. The van der Waals surface area contributed by atoms with Crippen molar-refractivity contribution in [3.8, 4) is 5.75 Å². The van der Waals surface area contributed by atoms with Gasteiger partial charge in [0, 0.05) is 18.1 Å². The van der Waals surface area contributed by atoms with Crippen LogP contribution in [0.3, 0.4) is 0 Å². The van der Waals surface area contributed by atoms with E-state index in [2.05, 4.69) is 5.16 Å². The summed E-state index contributed by atoms with van der Waals surface area (Å²) in [6, 6.07) is 6.31. The second kappa shape index (κ2) is 5.32. The fraction of sp³-hybridized carbons (Fsp3) is 0.462. The molecule has 0 unspecified atom stereocenters. The third-order valence-electron chi connectivity index (χ3n) is 3.44. The summed E-state index contributed by atoms with van der Waals surface area (Å²) < 4.78 is 28.3. The normalized spacial score (nSPS) is 17.8. The van der Waals surface area contributed by atoms with Gasteiger partial charge in [-0.25, -0.2) is 8.42 Å². The molecular weight excluding hydrogens is 280 g/mol. The predicted molar refractivity (Wildman–Crippen MR) is 74.7 cm³/mol. The van der Waals surface area contributed by atoms with E-state index in [0.29, 0.717) is 18.8 Å². The lowest BCUT2D eigenvalue weighted by Crippen LogP contribution is -2.22. The van der Waals surface area contributed by atoms with Crippen LogP contribution in [-0.4, -0.2) is 32.3 Å². The van der Waals surface area contributed by atoms with E-state index in [1.54, 1.807) is 12.1 Å². The van der Waals surface area contributed by atoms with Crippen LogP contribution in [-0.2, 0) is 9.84 Å². The molecule has 0 radical (unpaired) electrons. The van der Waals surface area contributed by atoms with Crippen LogP contribution in [0, 0.1) is 5.41 Å². The highest BCUT2D eigenvalue weighted by molar-refractivity contribution is 7.90. The van der Waals surface area contributed by atoms with E-state index in [-0.39, 0.29) is 16.1 Å². The molecule has 2 rings (SSSR count). The number of oxime groups is 1. The highest BCUT2D eigenvalue weighted by atomic mass is 32.2. The number of amidine groups is 1. The smallest absolute Gasteiger partial charge is 0.175 e. The largest absolute Gasteiger partial charge is 0.493 e. The Morgan fingerprint density at radius 3 is 2.45 bits per heavy atom. The molecular formula is C13H18N2O4S. The highest BCUT2D eigenvalue weighted by Gasteiger charge is 2.44. The maximum atomic E-state index is 11.3. The number of hydrogen-bond donors (Lipinski definition) is 2. The van der Waals surface area contributed by atoms with Crippen LogP contribution in [0.4, 0.5) is 0 Å². The average molecular weight is 298 g/mol. The topological polar surface area (TPSA) is 102 Å². The molecule has 20 heavy (non-hydrogen) atoms. The van der Waals surface area contributed by atoms with Crippen LogP contribution in [0.25, 0.3) is 0 Å². The lowest BCUT2D eigenvalue weighted by molar-refractivity contribution is 0.236. The molecule has 0 bridgehead atoms. The SMILES string of the molecule is CS(=O)(=O)c1ccc(OCC2(CC(N)=NO)CC2)cc1. The molecule has 0 spiro atoms. The minimum Gasteiger partial charge on any atom is -0.493 e. The first-order valence-corrected chi connectivity index (χ1v) is 8.13. The molecule has 0 saturated heterocycles. The monoisotopic (exact) mass is 298 g/mol. The fourth-order valence-electron chi connectivity index (χ4n) is 1.99. The van der Waals surface area contributed by atoms with Gasteiger partial charge in [-0.05, 0) is 37.1 Å². The molecule has 110 valence electrons. The van der Waals surface area contributed by atoms with E-state index in [1.165, 1.54) is 18.4 Å². The molecule has 0 amide bonds. The van der Waals surface area contributed by atoms with Crippen molar-refractivity contribution in [1.29, 1.82) is 0 Å². The van der Waals surface area contributed by atoms with Gasteiger partial charge < -0.3 is 15.7 Å². The van der Waals surface area contributed by atoms with Crippen LogP contribution in [0.2, 0.25) is 0 Å². The Morgan fingerprint density at radius 1 is 1.40 bits per heavy atom. The zero-order chi connectivity index (χ0) is 14.8. The van der Waals surface area contributed by atoms with E-state index >= 15 is 0 Å². The lowest BCUT2D eigenvalue weighted by Gasteiger charge is -2.15. The molecule has 0 atom stereocenters. The highest BCUT2D eigenvalue weighted by Crippen LogP contribution is 2.48. The van der Waals surface area contributed by atoms with Gasteiger partial charge in [-0.3, -0.25) is 0 Å². The Labute approximate surface area is 118 Å². The maximum absolute atomic E-state index is 11.3. The molecule has 1 aromatic rings. The van der Waals surface area contributed by atoms with Gasteiger partial charge in [0.05, 0.1) is 11.5 Å². The zero-order valence-electron chi connectivity index (χ0n) is 11.2. The Hall–Kier alpha value is -1.76. The molecule has 1 fully saturated rings. The molecule has 0 heterocycles. The number of hydrogen-bond acceptors (Lipinski definition) is 5. The predicted octanol–water partition coefficient (Wildman–Crippen LogP) is 1.39. The Morgan fingerprint density at radius 2 is 2.00 bits per heavy atom. The van der Waals surface area contributed by atoms with Gasteiger partial charge in [0.15, 0.2) is 9.84 Å². The molecule has 1 aliphatic rings. The van der Waals surface area contributed by atoms with Crippen LogP contribution >= 0.6 is 0 Å². The van der Waals surface area contributed by atoms with E-state index in [9.17, 15) is 8.42 Å². The number of benzene rings is 1. The van der Waals surface area contributed by atoms with Gasteiger partial charge in [-0.1, -0.05) is 5.16 Å². The molecule has 1 saturated carbocycles. The molecule has 0 aromatic heterocycles. The van der Waals surface area contributed by atoms with Crippen LogP contribution in [0.5, 0.6) is 5.75 Å². The Bertz CT molecular complexity index is 604. The van der Waals surface area contributed by atoms with Crippen molar-refractivity contribution in [1.82, 2.24) is 0 Å². The molecule has 1 aliphatic carbocycles. The third kappa shape index (κ3) is 3.63. The molecule has 7 heteroatoms. The summed E-state index contributed by atoms with van der Waals surface area (Å²) in [4.78, 5) is 0.266. The van der Waals surface area contributed by atoms with E-state index < -0.39 is 9.84 Å². The first kappa shape index (κ1) is 14.6. The third-order valence-corrected chi connectivity index (χ3v) is 4.57. The maximum Gasteiger partial charge on any atom is 0.175 e. The quantitative estimate of drug-likeness (QED) is 0.357. The standard InChI is InChI=1S/C13H18N2O4S/c1-20(17,18)11-4-2-10(3-5-11)19-9-13(6-7-13)8-12(14)15-16/h2-5,16H,6-9H2,1H3,(H2,14,15). The van der Waals surface area contributed by atoms with Gasteiger partial charge >= 0.3 is 0 Å². The van der Waals surface area contributed by atoms with Crippen molar-refractivity contribution in [2.75, 3.05) is 12.9 Å². The molecule has 3 N–H and O–H groups in total. The van der Waals surface area contributed by atoms with Gasteiger partial charge in [-0.15, -0.1) is 0 Å². The number of nitrogens with two attached hydrogens (primary N) is 1. The summed E-state index contributed by atoms with van der Waals surface area (Å²) in [7, 11) is -3.19. The number of ether oxygens (including phenoxy) is 1. The van der Waals surface area contributed by atoms with Gasteiger partial charge in [0.25, 0.3) is 0 Å². The van der Waals surface area contributed by atoms with Crippen LogP contribution < -0.4 is 10.5 Å². The minimum atomic E-state index is -3.19. The van der Waals surface area contributed by atoms with Crippen molar-refractivity contribution < 1.29 is 18.4 Å². The summed E-state index contributed by atoms with van der Waals surface area (Å²) in [5, 5.41) is 11.6. The van der Waals surface area contributed by atoms with Crippen molar-refractivity contribution in [2.24, 2.45) is 16.3 Å². The molecule has 1 aromatic carbocycles. The fourth-order valence-corrected chi connectivity index (χ4v) is 2.62. The van der Waals surface area contributed by atoms with Gasteiger partial charge in [0.2, 0.25) is 0 Å². The van der Waals surface area contributed by atoms with E-state index in [1.807, 2.05) is 0 Å². The molecule has 6 nitrogen and oxygen atoms in total. The van der Waals surface area contributed by atoms with Gasteiger partial charge in [-0.2, -0.15) is 0 Å². The summed E-state index contributed by atoms with van der Waals surface area (Å²) in [5.41, 5.74) is 5.46.